The number of hydrogen-bond acceptors (Lipinski definition) is 4. The molecule has 0 saturated carbocycles. The highest BCUT2D eigenvalue weighted by molar-refractivity contribution is 6.91. The number of benzene rings is 3. The van der Waals surface area contributed by atoms with E-state index in [1.807, 2.05) is 48.5 Å². The smallest absolute Gasteiger partial charge is 0.146 e. The molecule has 3 aromatic rings. The van der Waals surface area contributed by atoms with Crippen LogP contribution in [0.15, 0.2) is 59.7 Å². The van der Waals surface area contributed by atoms with Crippen molar-refractivity contribution in [2.75, 3.05) is 0 Å². The van der Waals surface area contributed by atoms with Crippen LogP contribution in [-0.4, -0.2) is 16.1 Å². The van der Waals surface area contributed by atoms with Crippen LogP contribution in [0, 0.1) is 68.3 Å². The predicted molar refractivity (Wildman–Crippen MR) is 228 cm³/mol. The van der Waals surface area contributed by atoms with Crippen LogP contribution in [0.5, 0.6) is 0 Å². The van der Waals surface area contributed by atoms with Gasteiger partial charge >= 0.3 is 0 Å². The van der Waals surface area contributed by atoms with Crippen molar-refractivity contribution in [1.82, 2.24) is 0 Å². The van der Waals surface area contributed by atoms with Crippen LogP contribution < -0.4 is 0 Å². The molecule has 0 N–H and O–H groups in total. The molecule has 0 bridgehead atoms. The Morgan fingerprint density at radius 2 is 0.667 bits per heavy atom. The van der Waals surface area contributed by atoms with Gasteiger partial charge in [0.05, 0.1) is 0 Å². The first-order valence-electron chi connectivity index (χ1n) is 19.2. The summed E-state index contributed by atoms with van der Waals surface area (Å²) in [6.07, 6.45) is 0. The zero-order valence-corrected chi connectivity index (χ0v) is 35.9. The second-order valence-electron chi connectivity index (χ2n) is 16.7. The first kappa shape index (κ1) is 39.9. The number of allylic oxidation sites excluding steroid dienone is 2. The van der Waals surface area contributed by atoms with E-state index in [-0.39, 0.29) is 11.1 Å². The molecule has 4 nitrogen and oxygen atoms in total. The van der Waals surface area contributed by atoms with Gasteiger partial charge in [0.15, 0.2) is 0 Å². The average molecular weight is 739 g/mol. The Balaban J connectivity index is 1.75. The van der Waals surface area contributed by atoms with Crippen LogP contribution in [0.3, 0.4) is 0 Å². The largest absolute Gasteiger partial charge is 0.192 e. The first-order chi connectivity index (χ1) is 25.5. The second-order valence-corrected chi connectivity index (χ2v) is 27.9. The highest BCUT2D eigenvalue weighted by atomic mass is 28.3. The summed E-state index contributed by atoms with van der Waals surface area (Å²) in [6, 6.07) is 24.9. The summed E-state index contributed by atoms with van der Waals surface area (Å²) in [6.45, 7) is 27.5. The van der Waals surface area contributed by atoms with Gasteiger partial charge in [0.25, 0.3) is 0 Å². The fourth-order valence-electron chi connectivity index (χ4n) is 9.92. The third-order valence-corrected chi connectivity index (χ3v) is 25.0. The normalized spacial score (nSPS) is 12.6. The lowest BCUT2D eigenvalue weighted by Crippen LogP contribution is -2.43. The molecule has 5 rings (SSSR count). The minimum Gasteiger partial charge on any atom is -0.192 e. The van der Waals surface area contributed by atoms with Gasteiger partial charge < -0.3 is 0 Å². The Kier molecular flexibility index (Phi) is 11.2. The predicted octanol–water partition coefficient (Wildman–Crippen LogP) is 12.5. The Morgan fingerprint density at radius 1 is 0.389 bits per heavy atom. The summed E-state index contributed by atoms with van der Waals surface area (Å²) in [4.78, 5) is 0. The summed E-state index contributed by atoms with van der Waals surface area (Å²) in [7, 11) is -4.00. The van der Waals surface area contributed by atoms with Gasteiger partial charge in [0, 0.05) is 22.3 Å². The van der Waals surface area contributed by atoms with Crippen molar-refractivity contribution in [1.29, 1.82) is 21.0 Å². The van der Waals surface area contributed by atoms with Gasteiger partial charge in [-0.05, 0) is 114 Å². The number of hydrogen-bond donors (Lipinski definition) is 0. The molecule has 0 spiro atoms. The zero-order valence-electron chi connectivity index (χ0n) is 33.9. The minimum absolute atomic E-state index is 0.0396. The van der Waals surface area contributed by atoms with Crippen LogP contribution in [0.2, 0.25) is 33.2 Å². The van der Waals surface area contributed by atoms with Gasteiger partial charge in [0.1, 0.15) is 51.6 Å². The fourth-order valence-corrected chi connectivity index (χ4v) is 20.4. The molecule has 0 radical (unpaired) electrons. The Hall–Kier alpha value is -5.35. The van der Waals surface area contributed by atoms with E-state index in [4.69, 9.17) is 0 Å². The molecule has 0 heterocycles. The zero-order chi connectivity index (χ0) is 39.9. The third kappa shape index (κ3) is 6.26. The molecule has 0 aromatic heterocycles. The monoisotopic (exact) mass is 738 g/mol. The van der Waals surface area contributed by atoms with E-state index in [1.54, 1.807) is 0 Å². The van der Waals surface area contributed by atoms with E-state index >= 15 is 0 Å². The topological polar surface area (TPSA) is 95.2 Å². The van der Waals surface area contributed by atoms with Crippen LogP contribution >= 0.6 is 0 Å². The summed E-state index contributed by atoms with van der Waals surface area (Å²) in [5.41, 5.74) is 20.2. The molecule has 0 fully saturated rings. The average Bonchev–Trinajstić information content (AvgIpc) is 3.59. The first-order valence-corrected chi connectivity index (χ1v) is 23.6. The van der Waals surface area contributed by atoms with E-state index in [9.17, 15) is 21.0 Å². The molecule has 2 aliphatic carbocycles. The molecule has 0 saturated heterocycles. The summed E-state index contributed by atoms with van der Waals surface area (Å²) >= 11 is 0. The van der Waals surface area contributed by atoms with Crippen LogP contribution in [0.4, 0.5) is 0 Å². The third-order valence-electron chi connectivity index (χ3n) is 12.4. The Labute approximate surface area is 325 Å². The van der Waals surface area contributed by atoms with Crippen LogP contribution in [0.1, 0.15) is 116 Å². The molecule has 3 aromatic carbocycles. The van der Waals surface area contributed by atoms with Gasteiger partial charge in [0.2, 0.25) is 0 Å². The summed E-state index contributed by atoms with van der Waals surface area (Å²) < 4.78 is 0. The van der Waals surface area contributed by atoms with Gasteiger partial charge in [-0.2, -0.15) is 21.0 Å². The molecule has 0 aliphatic heterocycles. The molecule has 0 unspecified atom stereocenters. The molecule has 54 heavy (non-hydrogen) atoms. The number of nitrogens with zero attached hydrogens (tertiary/aromatic N) is 4. The quantitative estimate of drug-likeness (QED) is 0.0984. The lowest BCUT2D eigenvalue weighted by Gasteiger charge is -2.38. The van der Waals surface area contributed by atoms with E-state index in [2.05, 4.69) is 130 Å². The molecule has 270 valence electrons. The SMILES string of the molecule is CC(C)[Si](C#Cc1ccc2c(c1)C(=C(C#N)C#N)c1cc3c(cc1-2)C(=C(C#N)C#N)c1cc(C#C[Si](C(C)C)(C(C)C)C(C)C)ccc1-3)(C(C)C)C(C)C. The highest BCUT2D eigenvalue weighted by Gasteiger charge is 2.43. The van der Waals surface area contributed by atoms with Crippen molar-refractivity contribution in [3.63, 3.8) is 0 Å². The Bertz CT molecular complexity index is 2170. The number of fused-ring (bicyclic) bond motifs is 6. The molecule has 0 atom stereocenters. The van der Waals surface area contributed by atoms with Gasteiger partial charge in [-0.15, -0.1) is 11.1 Å². The van der Waals surface area contributed by atoms with Crippen molar-refractivity contribution in [2.24, 2.45) is 0 Å². The minimum atomic E-state index is -2.00. The van der Waals surface area contributed by atoms with E-state index in [0.717, 1.165) is 55.6 Å². The number of nitriles is 4. The molecule has 0 amide bonds. The molecular weight excluding hydrogens is 689 g/mol. The Morgan fingerprint density at radius 3 is 0.926 bits per heavy atom. The maximum Gasteiger partial charge on any atom is 0.146 e. The number of rotatable bonds is 6. The molecule has 6 heteroatoms. The van der Waals surface area contributed by atoms with Gasteiger partial charge in [-0.3, -0.25) is 0 Å². The van der Waals surface area contributed by atoms with E-state index in [0.29, 0.717) is 44.4 Å². The summed E-state index contributed by atoms with van der Waals surface area (Å²) in [5, 5.41) is 40.9. The maximum atomic E-state index is 10.2. The summed E-state index contributed by atoms with van der Waals surface area (Å²) in [5.74, 6) is 7.11. The molecule has 2 aliphatic rings. The highest BCUT2D eigenvalue weighted by Crippen LogP contribution is 2.54. The lowest BCUT2D eigenvalue weighted by molar-refractivity contribution is 0.838. The van der Waals surface area contributed by atoms with Crippen molar-refractivity contribution < 1.29 is 0 Å². The fraction of sp³-hybridized carbons (Fsp3) is 0.375. The standard InChI is InChI=1S/C48H50N4Si2/c1-29(2)53(30(3)4,31(5)6)19-17-35-13-15-39-41-23-46-42(24-45(41)47(43(39)21-35)37(25-49)26-50)40-16-14-36(22-44(40)48(46)38(27-51)28-52)18-20-54(32(7)8,33(9)10)34(11)12/h13-16,21-24,29-34H,1-12H3. The van der Waals surface area contributed by atoms with Crippen molar-refractivity contribution in [3.05, 3.63) is 93.1 Å². The van der Waals surface area contributed by atoms with Crippen molar-refractivity contribution >= 4 is 27.3 Å². The van der Waals surface area contributed by atoms with E-state index in [1.165, 1.54) is 0 Å². The maximum absolute atomic E-state index is 10.2. The van der Waals surface area contributed by atoms with Gasteiger partial charge in [-0.1, -0.05) is 107 Å². The van der Waals surface area contributed by atoms with Crippen LogP contribution in [-0.2, 0) is 0 Å². The van der Waals surface area contributed by atoms with Crippen molar-refractivity contribution in [2.45, 2.75) is 116 Å². The second kappa shape index (κ2) is 15.2. The molecular formula is C48H50N4Si2. The van der Waals surface area contributed by atoms with Gasteiger partial charge in [-0.25, -0.2) is 0 Å². The lowest BCUT2D eigenvalue weighted by atomic mass is 9.93. The van der Waals surface area contributed by atoms with Crippen molar-refractivity contribution in [3.8, 4) is 69.5 Å². The van der Waals surface area contributed by atoms with E-state index < -0.39 is 16.1 Å². The van der Waals surface area contributed by atoms with Crippen LogP contribution in [0.25, 0.3) is 33.4 Å².